The molecular formula is C12H17N3O3. The second-order valence-corrected chi connectivity index (χ2v) is 3.93. The number of aryl methyl sites for hydroxylation is 1. The molecule has 6 nitrogen and oxygen atoms in total. The summed E-state index contributed by atoms with van der Waals surface area (Å²) < 4.78 is 0. The molecule has 0 unspecified atom stereocenters. The number of carbonyl (C=O) groups excluding carboxylic acids is 1. The highest BCUT2D eigenvalue weighted by molar-refractivity contribution is 5.96. The van der Waals surface area contributed by atoms with Crippen molar-refractivity contribution in [1.29, 1.82) is 0 Å². The molecule has 1 aromatic rings. The molecule has 0 fully saturated rings. The Hall–Kier alpha value is -2.08. The predicted molar refractivity (Wildman–Crippen MR) is 68.4 cm³/mol. The minimum Gasteiger partial charge on any atom is -0.465 e. The molecular weight excluding hydrogens is 234 g/mol. The maximum atomic E-state index is 11.8. The molecule has 0 saturated heterocycles. The van der Waals surface area contributed by atoms with Crippen molar-refractivity contribution in [3.05, 3.63) is 29.8 Å². The van der Waals surface area contributed by atoms with Crippen LogP contribution < -0.4 is 16.4 Å². The Bertz CT molecular complexity index is 417. The molecule has 6 heteroatoms. The summed E-state index contributed by atoms with van der Waals surface area (Å²) in [4.78, 5) is 22.4. The number of nitrogens with one attached hydrogen (secondary N) is 2. The van der Waals surface area contributed by atoms with Crippen LogP contribution >= 0.6 is 0 Å². The minimum atomic E-state index is -1.24. The average molecular weight is 251 g/mol. The molecule has 2 amide bonds. The summed E-state index contributed by atoms with van der Waals surface area (Å²) in [6, 6.07) is 6.39. The van der Waals surface area contributed by atoms with Gasteiger partial charge in [-0.1, -0.05) is 17.7 Å². The molecule has 0 radical (unpaired) electrons. The van der Waals surface area contributed by atoms with Gasteiger partial charge in [0.2, 0.25) is 5.91 Å². The van der Waals surface area contributed by atoms with Gasteiger partial charge in [0.1, 0.15) is 6.04 Å². The van der Waals surface area contributed by atoms with Gasteiger partial charge < -0.3 is 21.5 Å². The number of rotatable bonds is 5. The monoisotopic (exact) mass is 251 g/mol. The molecule has 1 rings (SSSR count). The Kier molecular flexibility index (Phi) is 5.13. The number of hydrogen-bond donors (Lipinski definition) is 4. The molecule has 0 bridgehead atoms. The van der Waals surface area contributed by atoms with E-state index in [4.69, 9.17) is 10.8 Å². The summed E-state index contributed by atoms with van der Waals surface area (Å²) in [5.41, 5.74) is 7.05. The highest BCUT2D eigenvalue weighted by atomic mass is 16.4. The van der Waals surface area contributed by atoms with Gasteiger partial charge in [0.05, 0.1) is 0 Å². The predicted octanol–water partition coefficient (Wildman–Crippen LogP) is 0.919. The van der Waals surface area contributed by atoms with Crippen molar-refractivity contribution in [2.45, 2.75) is 19.4 Å². The maximum absolute atomic E-state index is 11.8. The fraction of sp³-hybridized carbons (Fsp3) is 0.333. The molecule has 5 N–H and O–H groups in total. The van der Waals surface area contributed by atoms with Crippen LogP contribution in [0.4, 0.5) is 10.5 Å². The van der Waals surface area contributed by atoms with E-state index in [-0.39, 0.29) is 13.0 Å². The van der Waals surface area contributed by atoms with Gasteiger partial charge in [0.25, 0.3) is 0 Å². The molecule has 98 valence electrons. The molecule has 1 aromatic carbocycles. The fourth-order valence-corrected chi connectivity index (χ4v) is 1.45. The summed E-state index contributed by atoms with van der Waals surface area (Å²) in [5.74, 6) is -0.410. The van der Waals surface area contributed by atoms with Crippen LogP contribution in [-0.2, 0) is 4.79 Å². The number of carbonyl (C=O) groups is 2. The maximum Gasteiger partial charge on any atom is 0.405 e. The molecule has 0 aliphatic rings. The topological polar surface area (TPSA) is 104 Å². The van der Waals surface area contributed by atoms with E-state index in [2.05, 4.69) is 10.6 Å². The lowest BCUT2D eigenvalue weighted by Crippen LogP contribution is -2.44. The summed E-state index contributed by atoms with van der Waals surface area (Å²) in [6.45, 7) is 2.17. The molecule has 0 aliphatic heterocycles. The van der Waals surface area contributed by atoms with Crippen molar-refractivity contribution in [2.75, 3.05) is 11.9 Å². The van der Waals surface area contributed by atoms with Gasteiger partial charge in [-0.15, -0.1) is 0 Å². The summed E-state index contributed by atoms with van der Waals surface area (Å²) in [7, 11) is 0. The van der Waals surface area contributed by atoms with Gasteiger partial charge in [-0.25, -0.2) is 4.79 Å². The highest BCUT2D eigenvalue weighted by Gasteiger charge is 2.19. The third-order valence-corrected chi connectivity index (χ3v) is 2.39. The fourth-order valence-electron chi connectivity index (χ4n) is 1.45. The van der Waals surface area contributed by atoms with Gasteiger partial charge in [0.15, 0.2) is 0 Å². The largest absolute Gasteiger partial charge is 0.465 e. The van der Waals surface area contributed by atoms with Crippen LogP contribution in [0.2, 0.25) is 0 Å². The Morgan fingerprint density at radius 1 is 1.33 bits per heavy atom. The lowest BCUT2D eigenvalue weighted by atomic mass is 10.1. The molecule has 0 saturated carbocycles. The van der Waals surface area contributed by atoms with Crippen molar-refractivity contribution in [3.8, 4) is 0 Å². The minimum absolute atomic E-state index is 0.228. The lowest BCUT2D eigenvalue weighted by molar-refractivity contribution is -0.118. The van der Waals surface area contributed by atoms with Crippen molar-refractivity contribution in [3.63, 3.8) is 0 Å². The van der Waals surface area contributed by atoms with E-state index >= 15 is 0 Å². The van der Waals surface area contributed by atoms with Gasteiger partial charge in [-0.2, -0.15) is 0 Å². The highest BCUT2D eigenvalue weighted by Crippen LogP contribution is 2.09. The van der Waals surface area contributed by atoms with E-state index in [1.54, 1.807) is 12.1 Å². The molecule has 0 aromatic heterocycles. The number of nitrogens with two attached hydrogens (primary N) is 1. The number of benzene rings is 1. The van der Waals surface area contributed by atoms with E-state index in [9.17, 15) is 9.59 Å². The van der Waals surface area contributed by atoms with Crippen molar-refractivity contribution in [2.24, 2.45) is 5.73 Å². The number of carboxylic acid groups (broad SMARTS) is 1. The van der Waals surface area contributed by atoms with Crippen LogP contribution in [0.5, 0.6) is 0 Å². The number of hydrogen-bond acceptors (Lipinski definition) is 3. The average Bonchev–Trinajstić information content (AvgIpc) is 2.31. The first kappa shape index (κ1) is 14.0. The van der Waals surface area contributed by atoms with E-state index in [0.717, 1.165) is 5.56 Å². The zero-order valence-electron chi connectivity index (χ0n) is 10.1. The van der Waals surface area contributed by atoms with E-state index in [1.165, 1.54) is 0 Å². The van der Waals surface area contributed by atoms with Crippen LogP contribution in [0.1, 0.15) is 12.0 Å². The first-order valence-corrected chi connectivity index (χ1v) is 5.60. The molecule has 0 aliphatic carbocycles. The summed E-state index contributed by atoms with van der Waals surface area (Å²) in [5, 5.41) is 13.4. The van der Waals surface area contributed by atoms with Gasteiger partial charge in [-0.3, -0.25) is 4.79 Å². The lowest BCUT2D eigenvalue weighted by Gasteiger charge is -2.15. The zero-order valence-corrected chi connectivity index (χ0v) is 10.1. The second kappa shape index (κ2) is 6.61. The van der Waals surface area contributed by atoms with E-state index in [1.807, 2.05) is 19.1 Å². The Morgan fingerprint density at radius 3 is 2.44 bits per heavy atom. The van der Waals surface area contributed by atoms with Gasteiger partial charge in [-0.05, 0) is 32.0 Å². The molecule has 1 atom stereocenters. The zero-order chi connectivity index (χ0) is 13.5. The van der Waals surface area contributed by atoms with Crippen LogP contribution in [0, 0.1) is 6.92 Å². The smallest absolute Gasteiger partial charge is 0.405 e. The van der Waals surface area contributed by atoms with Crippen LogP contribution in [0.3, 0.4) is 0 Å². The first-order chi connectivity index (χ1) is 8.52. The quantitative estimate of drug-likeness (QED) is 0.624. The van der Waals surface area contributed by atoms with Gasteiger partial charge in [0, 0.05) is 5.69 Å². The third kappa shape index (κ3) is 4.42. The molecule has 18 heavy (non-hydrogen) atoms. The van der Waals surface area contributed by atoms with E-state index < -0.39 is 18.0 Å². The number of amides is 2. The SMILES string of the molecule is Cc1ccc(NC(=O)[C@H](CCN)NC(=O)O)cc1. The Morgan fingerprint density at radius 2 is 1.94 bits per heavy atom. The summed E-state index contributed by atoms with van der Waals surface area (Å²) >= 11 is 0. The van der Waals surface area contributed by atoms with Crippen LogP contribution in [0.15, 0.2) is 24.3 Å². The third-order valence-electron chi connectivity index (χ3n) is 2.39. The van der Waals surface area contributed by atoms with Crippen molar-refractivity contribution >= 4 is 17.7 Å². The Labute approximate surface area is 105 Å². The van der Waals surface area contributed by atoms with Gasteiger partial charge >= 0.3 is 6.09 Å². The Balaban J connectivity index is 2.65. The second-order valence-electron chi connectivity index (χ2n) is 3.93. The summed E-state index contributed by atoms with van der Waals surface area (Å²) in [6.07, 6.45) is -0.989. The molecule has 0 spiro atoms. The van der Waals surface area contributed by atoms with Crippen molar-refractivity contribution in [1.82, 2.24) is 5.32 Å². The normalized spacial score (nSPS) is 11.7. The standard InChI is InChI=1S/C12H17N3O3/c1-8-2-4-9(5-3-8)14-11(16)10(6-7-13)15-12(17)18/h2-5,10,15H,6-7,13H2,1H3,(H,14,16)(H,17,18)/t10-/m0/s1. The van der Waals surface area contributed by atoms with Crippen LogP contribution in [-0.4, -0.2) is 29.7 Å². The van der Waals surface area contributed by atoms with Crippen molar-refractivity contribution < 1.29 is 14.7 Å². The first-order valence-electron chi connectivity index (χ1n) is 5.60. The number of anilines is 1. The van der Waals surface area contributed by atoms with Crippen LogP contribution in [0.25, 0.3) is 0 Å². The van der Waals surface area contributed by atoms with E-state index in [0.29, 0.717) is 5.69 Å². The molecule has 0 heterocycles.